The first-order valence-electron chi connectivity index (χ1n) is 6.88. The van der Waals surface area contributed by atoms with Crippen LogP contribution < -0.4 is 10.1 Å². The average molecular weight is 288 g/mol. The summed E-state index contributed by atoms with van der Waals surface area (Å²) in [5.74, 6) is 0.547. The Labute approximate surface area is 124 Å². The number of hydrogen-bond acceptors (Lipinski definition) is 4. The fourth-order valence-corrected chi connectivity index (χ4v) is 2.03. The fourth-order valence-electron chi connectivity index (χ4n) is 2.03. The van der Waals surface area contributed by atoms with E-state index in [0.29, 0.717) is 37.4 Å². The zero-order valence-electron chi connectivity index (χ0n) is 12.1. The van der Waals surface area contributed by atoms with E-state index in [9.17, 15) is 9.90 Å². The number of nitrogens with zero attached hydrogens (tertiary/aromatic N) is 1. The van der Waals surface area contributed by atoms with Crippen LogP contribution in [0.1, 0.15) is 6.42 Å². The quantitative estimate of drug-likeness (QED) is 0.784. The van der Waals surface area contributed by atoms with Gasteiger partial charge in [0.2, 0.25) is 0 Å². The van der Waals surface area contributed by atoms with Crippen LogP contribution in [-0.2, 0) is 4.79 Å². The molecule has 0 atom stereocenters. The number of benzene rings is 1. The van der Waals surface area contributed by atoms with Gasteiger partial charge in [-0.3, -0.25) is 4.79 Å². The number of likely N-dealkylation sites (N-methyl/N-ethyl adjacent to an activating group) is 1. The lowest BCUT2D eigenvalue weighted by Gasteiger charge is -2.11. The second kappa shape index (κ2) is 6.83. The van der Waals surface area contributed by atoms with Crippen molar-refractivity contribution in [1.29, 1.82) is 0 Å². The molecule has 1 aliphatic heterocycles. The second-order valence-electron chi connectivity index (χ2n) is 4.90. The van der Waals surface area contributed by atoms with E-state index in [2.05, 4.69) is 11.9 Å². The Bertz CT molecular complexity index is 552. The van der Waals surface area contributed by atoms with Crippen molar-refractivity contribution in [2.75, 3.05) is 26.7 Å². The van der Waals surface area contributed by atoms with Crippen LogP contribution in [0.2, 0.25) is 0 Å². The van der Waals surface area contributed by atoms with Gasteiger partial charge in [-0.05, 0) is 18.6 Å². The molecule has 1 aromatic rings. The van der Waals surface area contributed by atoms with Crippen LogP contribution in [0.15, 0.2) is 53.9 Å². The molecule has 0 saturated carbocycles. The van der Waals surface area contributed by atoms with E-state index >= 15 is 0 Å². The molecule has 0 aromatic heterocycles. The highest BCUT2D eigenvalue weighted by Gasteiger charge is 2.26. The van der Waals surface area contributed by atoms with Crippen LogP contribution in [0.3, 0.4) is 0 Å². The van der Waals surface area contributed by atoms with Crippen molar-refractivity contribution in [3.63, 3.8) is 0 Å². The van der Waals surface area contributed by atoms with Gasteiger partial charge in [0.1, 0.15) is 11.5 Å². The monoisotopic (exact) mass is 288 g/mol. The van der Waals surface area contributed by atoms with Crippen LogP contribution in [0, 0.1) is 0 Å². The maximum Gasteiger partial charge on any atom is 0.252 e. The lowest BCUT2D eigenvalue weighted by molar-refractivity contribution is -0.117. The molecule has 2 N–H and O–H groups in total. The van der Waals surface area contributed by atoms with Crippen molar-refractivity contribution >= 4 is 5.91 Å². The van der Waals surface area contributed by atoms with Gasteiger partial charge >= 0.3 is 0 Å². The van der Waals surface area contributed by atoms with Crippen molar-refractivity contribution in [3.05, 3.63) is 53.9 Å². The Kier molecular flexibility index (Phi) is 4.87. The zero-order chi connectivity index (χ0) is 15.2. The normalized spacial score (nSPS) is 14.5. The first-order valence-corrected chi connectivity index (χ1v) is 6.88. The minimum atomic E-state index is -0.252. The molecule has 1 heterocycles. The molecule has 0 bridgehead atoms. The number of nitrogens with one attached hydrogen (secondary N) is 1. The number of ether oxygens (including phenoxy) is 1. The van der Waals surface area contributed by atoms with Crippen LogP contribution in [0.4, 0.5) is 0 Å². The molecule has 0 spiro atoms. The zero-order valence-corrected chi connectivity index (χ0v) is 12.1. The highest BCUT2D eigenvalue weighted by molar-refractivity contribution is 5.95. The molecule has 0 saturated heterocycles. The summed E-state index contributed by atoms with van der Waals surface area (Å²) in [4.78, 5) is 13.7. The van der Waals surface area contributed by atoms with Gasteiger partial charge in [0, 0.05) is 13.6 Å². The molecule has 21 heavy (non-hydrogen) atoms. The van der Waals surface area contributed by atoms with Gasteiger partial charge < -0.3 is 20.1 Å². The van der Waals surface area contributed by atoms with Crippen molar-refractivity contribution in [2.45, 2.75) is 6.42 Å². The molecule has 1 amide bonds. The van der Waals surface area contributed by atoms with E-state index in [1.807, 2.05) is 30.3 Å². The molecule has 5 heteroatoms. The van der Waals surface area contributed by atoms with Crippen molar-refractivity contribution in [1.82, 2.24) is 10.2 Å². The predicted octanol–water partition coefficient (Wildman–Crippen LogP) is 1.84. The van der Waals surface area contributed by atoms with Gasteiger partial charge in [-0.1, -0.05) is 24.8 Å². The average Bonchev–Trinajstić information content (AvgIpc) is 2.75. The number of aliphatic hydroxyl groups excluding tert-OH is 1. The molecule has 0 fully saturated rings. The minimum Gasteiger partial charge on any atom is -0.505 e. The van der Waals surface area contributed by atoms with Crippen molar-refractivity contribution in [3.8, 4) is 5.75 Å². The lowest BCUT2D eigenvalue weighted by Crippen LogP contribution is -2.29. The highest BCUT2D eigenvalue weighted by Crippen LogP contribution is 2.22. The largest absolute Gasteiger partial charge is 0.505 e. The minimum absolute atomic E-state index is 0.0180. The summed E-state index contributed by atoms with van der Waals surface area (Å²) in [7, 11) is 1.78. The molecule has 0 unspecified atom stereocenters. The molecular formula is C16H20N2O3. The number of carbonyl (C=O) groups excluding carboxylic acids is 1. The number of aliphatic hydroxyl groups is 1. The van der Waals surface area contributed by atoms with Crippen molar-refractivity contribution in [2.24, 2.45) is 0 Å². The summed E-state index contributed by atoms with van der Waals surface area (Å²) in [6.45, 7) is 5.12. The van der Waals surface area contributed by atoms with E-state index < -0.39 is 0 Å². The standard InChI is InChI=1S/C16H20N2O3/c1-12-15(19)14(11-18(12)2)16(20)17-9-6-10-21-13-7-4-3-5-8-13/h3-5,7-8,19H,1,6,9-11H2,2H3,(H,17,20). The number of rotatable bonds is 6. The lowest BCUT2D eigenvalue weighted by atomic mass is 10.2. The Morgan fingerprint density at radius 3 is 2.76 bits per heavy atom. The second-order valence-corrected chi connectivity index (χ2v) is 4.90. The summed E-state index contributed by atoms with van der Waals surface area (Å²) in [6, 6.07) is 9.54. The van der Waals surface area contributed by atoms with E-state index in [4.69, 9.17) is 4.74 Å². The molecule has 1 aromatic carbocycles. The smallest absolute Gasteiger partial charge is 0.252 e. The first-order chi connectivity index (χ1) is 10.1. The van der Waals surface area contributed by atoms with E-state index in [-0.39, 0.29) is 11.7 Å². The van der Waals surface area contributed by atoms with Crippen LogP contribution in [-0.4, -0.2) is 42.7 Å². The van der Waals surface area contributed by atoms with Crippen molar-refractivity contribution < 1.29 is 14.6 Å². The molecule has 5 nitrogen and oxygen atoms in total. The number of hydrogen-bond donors (Lipinski definition) is 2. The van der Waals surface area contributed by atoms with Crippen LogP contribution >= 0.6 is 0 Å². The summed E-state index contributed by atoms with van der Waals surface area (Å²) in [6.07, 6.45) is 0.700. The maximum atomic E-state index is 11.9. The molecule has 112 valence electrons. The SMILES string of the molecule is C=C1C(O)=C(C(=O)NCCCOc2ccccc2)CN1C. The molecule has 0 aliphatic carbocycles. The molecule has 1 aliphatic rings. The Hall–Kier alpha value is -2.43. The van der Waals surface area contributed by atoms with Gasteiger partial charge in [-0.15, -0.1) is 0 Å². The van der Waals surface area contributed by atoms with Gasteiger partial charge in [-0.2, -0.15) is 0 Å². The summed E-state index contributed by atoms with van der Waals surface area (Å²) >= 11 is 0. The van der Waals surface area contributed by atoms with Crippen LogP contribution in [0.25, 0.3) is 0 Å². The van der Waals surface area contributed by atoms with Gasteiger partial charge in [0.15, 0.2) is 0 Å². The fraction of sp³-hybridized carbons (Fsp3) is 0.312. The van der Waals surface area contributed by atoms with Crippen LogP contribution in [0.5, 0.6) is 5.75 Å². The van der Waals surface area contributed by atoms with E-state index in [1.54, 1.807) is 11.9 Å². The summed E-state index contributed by atoms with van der Waals surface area (Å²) < 4.78 is 5.53. The van der Waals surface area contributed by atoms with Gasteiger partial charge in [0.25, 0.3) is 5.91 Å². The Balaban J connectivity index is 1.70. The molecular weight excluding hydrogens is 268 g/mol. The number of amides is 1. The summed E-state index contributed by atoms with van der Waals surface area (Å²) in [5.41, 5.74) is 0.846. The van der Waals surface area contributed by atoms with E-state index in [0.717, 1.165) is 5.75 Å². The highest BCUT2D eigenvalue weighted by atomic mass is 16.5. The Morgan fingerprint density at radius 2 is 2.14 bits per heavy atom. The number of carbonyl (C=O) groups is 1. The van der Waals surface area contributed by atoms with E-state index in [1.165, 1.54) is 0 Å². The predicted molar refractivity (Wildman–Crippen MR) is 81.0 cm³/mol. The maximum absolute atomic E-state index is 11.9. The third kappa shape index (κ3) is 3.78. The number of para-hydroxylation sites is 1. The molecule has 2 rings (SSSR count). The van der Waals surface area contributed by atoms with Gasteiger partial charge in [-0.25, -0.2) is 0 Å². The third-order valence-corrected chi connectivity index (χ3v) is 3.31. The first kappa shape index (κ1) is 15.0. The molecule has 0 radical (unpaired) electrons. The Morgan fingerprint density at radius 1 is 1.43 bits per heavy atom. The third-order valence-electron chi connectivity index (χ3n) is 3.31. The topological polar surface area (TPSA) is 61.8 Å². The van der Waals surface area contributed by atoms with Gasteiger partial charge in [0.05, 0.1) is 24.4 Å². The summed E-state index contributed by atoms with van der Waals surface area (Å²) in [5, 5.41) is 12.6.